The van der Waals surface area contributed by atoms with Gasteiger partial charge in [-0.1, -0.05) is 6.07 Å². The van der Waals surface area contributed by atoms with Crippen LogP contribution in [0.15, 0.2) is 42.6 Å². The molecule has 1 N–H and O–H groups in total. The number of aromatic nitrogens is 1. The molecule has 1 heterocycles. The maximum atomic E-state index is 13.7. The largest absolute Gasteiger partial charge is 0.481 e. The lowest BCUT2D eigenvalue weighted by atomic mass is 10.2. The van der Waals surface area contributed by atoms with Crippen LogP contribution in [0.25, 0.3) is 0 Å². The summed E-state index contributed by atoms with van der Waals surface area (Å²) in [5, 5.41) is 8.74. The summed E-state index contributed by atoms with van der Waals surface area (Å²) in [5.41, 5.74) is 0.555. The average molecular weight is 261 g/mol. The number of carboxylic acids is 1. The first kappa shape index (κ1) is 13.0. The van der Waals surface area contributed by atoms with Gasteiger partial charge in [-0.15, -0.1) is 0 Å². The first-order chi connectivity index (χ1) is 9.08. The highest BCUT2D eigenvalue weighted by atomic mass is 19.1. The molecule has 0 aliphatic carbocycles. The quantitative estimate of drug-likeness (QED) is 0.918. The van der Waals surface area contributed by atoms with Gasteiger partial charge in [-0.25, -0.2) is 9.18 Å². The lowest BCUT2D eigenvalue weighted by molar-refractivity contribution is 0.0696. The molecule has 0 aliphatic heterocycles. The van der Waals surface area contributed by atoms with Gasteiger partial charge in [-0.3, -0.25) is 4.98 Å². The number of ether oxygens (including phenoxy) is 1. The van der Waals surface area contributed by atoms with E-state index in [0.717, 1.165) is 6.07 Å². The van der Waals surface area contributed by atoms with Gasteiger partial charge in [0, 0.05) is 6.20 Å². The highest BCUT2D eigenvalue weighted by Crippen LogP contribution is 2.24. The number of rotatable bonds is 4. The van der Waals surface area contributed by atoms with E-state index in [1.807, 2.05) is 6.07 Å². The van der Waals surface area contributed by atoms with Gasteiger partial charge < -0.3 is 9.84 Å². The number of halogens is 1. The molecule has 2 rings (SSSR count). The molecule has 0 radical (unpaired) electrons. The molecule has 0 fully saturated rings. The molecule has 1 aromatic carbocycles. The standard InChI is InChI=1S/C14H12FNO3/c1-9(12-4-2-3-7-16-12)19-13-6-5-10(14(17)18)8-11(13)15/h2-9H,1H3,(H,17,18). The highest BCUT2D eigenvalue weighted by molar-refractivity contribution is 5.87. The second-order valence-electron chi connectivity index (χ2n) is 3.97. The lowest BCUT2D eigenvalue weighted by Gasteiger charge is -2.14. The Morgan fingerprint density at radius 1 is 1.37 bits per heavy atom. The average Bonchev–Trinajstić information content (AvgIpc) is 2.41. The molecule has 0 spiro atoms. The molecule has 4 nitrogen and oxygen atoms in total. The van der Waals surface area contributed by atoms with Crippen molar-refractivity contribution in [2.45, 2.75) is 13.0 Å². The zero-order valence-electron chi connectivity index (χ0n) is 10.2. The van der Waals surface area contributed by atoms with E-state index >= 15 is 0 Å². The van der Waals surface area contributed by atoms with Crippen LogP contribution >= 0.6 is 0 Å². The SMILES string of the molecule is CC(Oc1ccc(C(=O)O)cc1F)c1ccccn1. The monoisotopic (exact) mass is 261 g/mol. The molecule has 0 saturated heterocycles. The van der Waals surface area contributed by atoms with Crippen LogP contribution in [0, 0.1) is 5.82 Å². The number of carboxylic acid groups (broad SMARTS) is 1. The molecular weight excluding hydrogens is 249 g/mol. The molecule has 5 heteroatoms. The van der Waals surface area contributed by atoms with Crippen LogP contribution in [0.4, 0.5) is 4.39 Å². The Kier molecular flexibility index (Phi) is 3.75. The van der Waals surface area contributed by atoms with Crippen molar-refractivity contribution in [1.82, 2.24) is 4.98 Å². The Morgan fingerprint density at radius 3 is 2.74 bits per heavy atom. The highest BCUT2D eigenvalue weighted by Gasteiger charge is 2.13. The van der Waals surface area contributed by atoms with E-state index in [0.29, 0.717) is 5.69 Å². The molecular formula is C14H12FNO3. The van der Waals surface area contributed by atoms with Crippen LogP contribution in [0.3, 0.4) is 0 Å². The van der Waals surface area contributed by atoms with Crippen LogP contribution < -0.4 is 4.74 Å². The van der Waals surface area contributed by atoms with Crippen molar-refractivity contribution in [1.29, 1.82) is 0 Å². The fourth-order valence-corrected chi connectivity index (χ4v) is 1.60. The summed E-state index contributed by atoms with van der Waals surface area (Å²) in [4.78, 5) is 14.8. The third kappa shape index (κ3) is 3.07. The lowest BCUT2D eigenvalue weighted by Crippen LogP contribution is -2.07. The van der Waals surface area contributed by atoms with E-state index in [4.69, 9.17) is 9.84 Å². The van der Waals surface area contributed by atoms with E-state index in [1.54, 1.807) is 25.3 Å². The maximum absolute atomic E-state index is 13.7. The van der Waals surface area contributed by atoms with Gasteiger partial charge in [0.15, 0.2) is 11.6 Å². The number of nitrogens with zero attached hydrogens (tertiary/aromatic N) is 1. The number of hydrogen-bond acceptors (Lipinski definition) is 3. The minimum Gasteiger partial charge on any atom is -0.481 e. The van der Waals surface area contributed by atoms with Crippen molar-refractivity contribution in [3.63, 3.8) is 0 Å². The van der Waals surface area contributed by atoms with Gasteiger partial charge >= 0.3 is 5.97 Å². The fraction of sp³-hybridized carbons (Fsp3) is 0.143. The summed E-state index contributed by atoms with van der Waals surface area (Å²) in [6.07, 6.45) is 1.20. The molecule has 1 atom stereocenters. The predicted octanol–water partition coefficient (Wildman–Crippen LogP) is 3.06. The van der Waals surface area contributed by atoms with Crippen LogP contribution in [0.2, 0.25) is 0 Å². The smallest absolute Gasteiger partial charge is 0.335 e. The topological polar surface area (TPSA) is 59.4 Å². The van der Waals surface area contributed by atoms with Crippen molar-refractivity contribution < 1.29 is 19.0 Å². The van der Waals surface area contributed by atoms with Crippen molar-refractivity contribution >= 4 is 5.97 Å². The van der Waals surface area contributed by atoms with Gasteiger partial charge in [-0.2, -0.15) is 0 Å². The first-order valence-electron chi connectivity index (χ1n) is 5.68. The van der Waals surface area contributed by atoms with Crippen LogP contribution in [0.1, 0.15) is 29.1 Å². The number of hydrogen-bond donors (Lipinski definition) is 1. The molecule has 0 amide bonds. The minimum absolute atomic E-state index is 0.00292. The van der Waals surface area contributed by atoms with E-state index in [2.05, 4.69) is 4.98 Å². The summed E-state index contributed by atoms with van der Waals surface area (Å²) in [6.45, 7) is 1.74. The summed E-state index contributed by atoms with van der Waals surface area (Å²) < 4.78 is 19.1. The molecule has 1 aromatic heterocycles. The second-order valence-corrected chi connectivity index (χ2v) is 3.97. The van der Waals surface area contributed by atoms with E-state index in [-0.39, 0.29) is 11.3 Å². The number of pyridine rings is 1. The summed E-state index contributed by atoms with van der Waals surface area (Å²) in [6, 6.07) is 8.89. The predicted molar refractivity (Wildman–Crippen MR) is 66.6 cm³/mol. The van der Waals surface area contributed by atoms with Gasteiger partial charge in [-0.05, 0) is 37.3 Å². The third-order valence-corrected chi connectivity index (χ3v) is 2.59. The summed E-state index contributed by atoms with van der Waals surface area (Å²) in [5.74, 6) is -1.88. The number of aromatic carboxylic acids is 1. The van der Waals surface area contributed by atoms with Gasteiger partial charge in [0.2, 0.25) is 0 Å². The Bertz CT molecular complexity index is 586. The van der Waals surface area contributed by atoms with Gasteiger partial charge in [0.1, 0.15) is 6.10 Å². The van der Waals surface area contributed by atoms with Gasteiger partial charge in [0.25, 0.3) is 0 Å². The van der Waals surface area contributed by atoms with E-state index in [1.165, 1.54) is 12.1 Å². The Hall–Kier alpha value is -2.43. The second kappa shape index (κ2) is 5.48. The van der Waals surface area contributed by atoms with Crippen molar-refractivity contribution in [2.24, 2.45) is 0 Å². The number of benzene rings is 1. The molecule has 1 unspecified atom stereocenters. The maximum Gasteiger partial charge on any atom is 0.335 e. The zero-order chi connectivity index (χ0) is 13.8. The molecule has 0 aliphatic rings. The van der Waals surface area contributed by atoms with Crippen LogP contribution in [-0.4, -0.2) is 16.1 Å². The van der Waals surface area contributed by atoms with Crippen molar-refractivity contribution in [2.75, 3.05) is 0 Å². The fourth-order valence-electron chi connectivity index (χ4n) is 1.60. The minimum atomic E-state index is -1.18. The Morgan fingerprint density at radius 2 is 2.16 bits per heavy atom. The molecule has 19 heavy (non-hydrogen) atoms. The molecule has 0 bridgehead atoms. The van der Waals surface area contributed by atoms with Crippen molar-refractivity contribution in [3.8, 4) is 5.75 Å². The zero-order valence-corrected chi connectivity index (χ0v) is 10.2. The Labute approximate surface area is 109 Å². The molecule has 0 saturated carbocycles. The summed E-state index contributed by atoms with van der Waals surface area (Å²) in [7, 11) is 0. The molecule has 98 valence electrons. The van der Waals surface area contributed by atoms with E-state index in [9.17, 15) is 9.18 Å². The van der Waals surface area contributed by atoms with Crippen LogP contribution in [-0.2, 0) is 0 Å². The Balaban J connectivity index is 2.18. The third-order valence-electron chi connectivity index (χ3n) is 2.59. The van der Waals surface area contributed by atoms with E-state index < -0.39 is 17.9 Å². The molecule has 2 aromatic rings. The van der Waals surface area contributed by atoms with Crippen LogP contribution in [0.5, 0.6) is 5.75 Å². The first-order valence-corrected chi connectivity index (χ1v) is 5.68. The normalized spacial score (nSPS) is 11.9. The number of carbonyl (C=O) groups is 1. The van der Waals surface area contributed by atoms with Gasteiger partial charge in [0.05, 0.1) is 11.3 Å². The summed E-state index contributed by atoms with van der Waals surface area (Å²) >= 11 is 0. The van der Waals surface area contributed by atoms with Crippen molar-refractivity contribution in [3.05, 3.63) is 59.7 Å².